The van der Waals surface area contributed by atoms with Gasteiger partial charge in [-0.15, -0.1) is 0 Å². The number of amides is 1. The van der Waals surface area contributed by atoms with Crippen LogP contribution in [0.15, 0.2) is 34.9 Å². The van der Waals surface area contributed by atoms with E-state index in [1.54, 1.807) is 30.3 Å². The summed E-state index contributed by atoms with van der Waals surface area (Å²) in [6.07, 6.45) is 1.07. The van der Waals surface area contributed by atoms with Crippen molar-refractivity contribution in [1.29, 1.82) is 0 Å². The number of hydrogen-bond acceptors (Lipinski definition) is 6. The van der Waals surface area contributed by atoms with Gasteiger partial charge in [0.25, 0.3) is 5.91 Å². The lowest BCUT2D eigenvalue weighted by Crippen LogP contribution is -2.30. The maximum absolute atomic E-state index is 12.1. The van der Waals surface area contributed by atoms with E-state index in [2.05, 4.69) is 15.8 Å². The van der Waals surface area contributed by atoms with E-state index in [0.29, 0.717) is 29.5 Å². The SMILES string of the molecule is CC(=O)c1cccc(OCc2cc(C(=O)NCC3CCNC3)no2)c1. The zero-order valence-corrected chi connectivity index (χ0v) is 14.1. The van der Waals surface area contributed by atoms with Crippen molar-refractivity contribution in [3.05, 3.63) is 47.3 Å². The van der Waals surface area contributed by atoms with E-state index in [1.165, 1.54) is 6.92 Å². The number of carbonyl (C=O) groups excluding carboxylic acids is 2. The standard InChI is InChI=1S/C18H21N3O4/c1-12(22)14-3-2-4-15(7-14)24-11-16-8-17(21-25-16)18(23)20-10-13-5-6-19-9-13/h2-4,7-8,13,19H,5-6,9-11H2,1H3,(H,20,23). The third kappa shape index (κ3) is 4.67. The van der Waals surface area contributed by atoms with Crippen LogP contribution in [-0.4, -0.2) is 36.5 Å². The molecule has 25 heavy (non-hydrogen) atoms. The number of rotatable bonds is 7. The van der Waals surface area contributed by atoms with Crippen LogP contribution in [0.4, 0.5) is 0 Å². The average molecular weight is 343 g/mol. The zero-order valence-electron chi connectivity index (χ0n) is 14.1. The van der Waals surface area contributed by atoms with E-state index in [9.17, 15) is 9.59 Å². The number of carbonyl (C=O) groups is 2. The predicted octanol–water partition coefficient (Wildman–Crippen LogP) is 1.80. The highest BCUT2D eigenvalue weighted by atomic mass is 16.5. The van der Waals surface area contributed by atoms with Gasteiger partial charge in [0.1, 0.15) is 12.4 Å². The van der Waals surface area contributed by atoms with Crippen molar-refractivity contribution in [2.45, 2.75) is 20.0 Å². The molecule has 2 N–H and O–H groups in total. The molecule has 1 saturated heterocycles. The first-order valence-corrected chi connectivity index (χ1v) is 8.30. The minimum Gasteiger partial charge on any atom is -0.486 e. The van der Waals surface area contributed by atoms with Crippen LogP contribution in [0.5, 0.6) is 5.75 Å². The molecular weight excluding hydrogens is 322 g/mol. The summed E-state index contributed by atoms with van der Waals surface area (Å²) in [4.78, 5) is 23.5. The summed E-state index contributed by atoms with van der Waals surface area (Å²) in [5.41, 5.74) is 0.818. The van der Waals surface area contributed by atoms with Gasteiger partial charge >= 0.3 is 0 Å². The molecule has 132 valence electrons. The van der Waals surface area contributed by atoms with Gasteiger partial charge in [-0.05, 0) is 44.5 Å². The van der Waals surface area contributed by atoms with Crippen molar-refractivity contribution in [2.75, 3.05) is 19.6 Å². The third-order valence-corrected chi connectivity index (χ3v) is 4.13. The smallest absolute Gasteiger partial charge is 0.273 e. The van der Waals surface area contributed by atoms with Gasteiger partial charge in [-0.3, -0.25) is 9.59 Å². The van der Waals surface area contributed by atoms with Crippen LogP contribution < -0.4 is 15.4 Å². The molecule has 3 rings (SSSR count). The summed E-state index contributed by atoms with van der Waals surface area (Å²) >= 11 is 0. The second-order valence-electron chi connectivity index (χ2n) is 6.12. The Morgan fingerprint density at radius 2 is 2.28 bits per heavy atom. The van der Waals surface area contributed by atoms with E-state index in [-0.39, 0.29) is 24.0 Å². The van der Waals surface area contributed by atoms with Gasteiger partial charge in [-0.25, -0.2) is 0 Å². The number of Topliss-reactive ketones (excluding diaryl/α,β-unsaturated/α-hetero) is 1. The molecule has 1 atom stereocenters. The quantitative estimate of drug-likeness (QED) is 0.745. The Bertz CT molecular complexity index is 750. The Kier molecular flexibility index (Phi) is 5.45. The molecule has 1 aromatic carbocycles. The van der Waals surface area contributed by atoms with Gasteiger partial charge in [0.2, 0.25) is 0 Å². The monoisotopic (exact) mass is 343 g/mol. The van der Waals surface area contributed by atoms with Crippen molar-refractivity contribution >= 4 is 11.7 Å². The van der Waals surface area contributed by atoms with E-state index in [1.807, 2.05) is 0 Å². The molecule has 1 aliphatic rings. The fourth-order valence-electron chi connectivity index (χ4n) is 2.66. The van der Waals surface area contributed by atoms with Gasteiger partial charge in [0, 0.05) is 18.2 Å². The fraction of sp³-hybridized carbons (Fsp3) is 0.389. The van der Waals surface area contributed by atoms with Crippen molar-refractivity contribution in [1.82, 2.24) is 15.8 Å². The molecule has 1 aromatic heterocycles. The molecule has 0 saturated carbocycles. The lowest BCUT2D eigenvalue weighted by molar-refractivity contribution is 0.0938. The third-order valence-electron chi connectivity index (χ3n) is 4.13. The van der Waals surface area contributed by atoms with Crippen LogP contribution in [0.25, 0.3) is 0 Å². The summed E-state index contributed by atoms with van der Waals surface area (Å²) in [5.74, 6) is 1.19. The lowest BCUT2D eigenvalue weighted by Gasteiger charge is -2.08. The van der Waals surface area contributed by atoms with E-state index in [4.69, 9.17) is 9.26 Å². The van der Waals surface area contributed by atoms with E-state index >= 15 is 0 Å². The van der Waals surface area contributed by atoms with Crippen LogP contribution in [0.2, 0.25) is 0 Å². The van der Waals surface area contributed by atoms with E-state index in [0.717, 1.165) is 19.5 Å². The molecule has 1 aliphatic heterocycles. The second-order valence-corrected chi connectivity index (χ2v) is 6.12. The molecule has 0 aliphatic carbocycles. The van der Waals surface area contributed by atoms with Crippen LogP contribution >= 0.6 is 0 Å². The first-order chi connectivity index (χ1) is 12.1. The maximum atomic E-state index is 12.1. The zero-order chi connectivity index (χ0) is 17.6. The normalized spacial score (nSPS) is 16.6. The Hall–Kier alpha value is -2.67. The Balaban J connectivity index is 1.51. The molecule has 0 bridgehead atoms. The van der Waals surface area contributed by atoms with Crippen molar-refractivity contribution < 1.29 is 18.8 Å². The number of benzene rings is 1. The molecule has 7 heteroatoms. The van der Waals surface area contributed by atoms with Crippen molar-refractivity contribution in [3.8, 4) is 5.75 Å². The summed E-state index contributed by atoms with van der Waals surface area (Å²) in [7, 11) is 0. The van der Waals surface area contributed by atoms with Crippen LogP contribution in [0.1, 0.15) is 40.0 Å². The van der Waals surface area contributed by atoms with Crippen LogP contribution in [0.3, 0.4) is 0 Å². The van der Waals surface area contributed by atoms with Crippen LogP contribution in [-0.2, 0) is 6.61 Å². The lowest BCUT2D eigenvalue weighted by atomic mass is 10.1. The molecule has 1 fully saturated rings. The molecule has 0 spiro atoms. The maximum Gasteiger partial charge on any atom is 0.273 e. The predicted molar refractivity (Wildman–Crippen MR) is 90.6 cm³/mol. The highest BCUT2D eigenvalue weighted by Crippen LogP contribution is 2.16. The first-order valence-electron chi connectivity index (χ1n) is 8.30. The fourth-order valence-corrected chi connectivity index (χ4v) is 2.66. The van der Waals surface area contributed by atoms with Crippen molar-refractivity contribution in [3.63, 3.8) is 0 Å². The number of ketones is 1. The summed E-state index contributed by atoms with van der Waals surface area (Å²) in [5, 5.41) is 9.91. The first kappa shape index (κ1) is 17.2. The van der Waals surface area contributed by atoms with Crippen molar-refractivity contribution in [2.24, 2.45) is 5.92 Å². The topological polar surface area (TPSA) is 93.5 Å². The molecule has 0 radical (unpaired) electrons. The van der Waals surface area contributed by atoms with Crippen LogP contribution in [0, 0.1) is 5.92 Å². The average Bonchev–Trinajstić information content (AvgIpc) is 3.30. The van der Waals surface area contributed by atoms with Gasteiger partial charge in [0.05, 0.1) is 0 Å². The summed E-state index contributed by atoms with van der Waals surface area (Å²) in [6.45, 7) is 4.19. The molecular formula is C18H21N3O4. The molecule has 1 amide bonds. The highest BCUT2D eigenvalue weighted by molar-refractivity contribution is 5.94. The Morgan fingerprint density at radius 3 is 3.04 bits per heavy atom. The minimum atomic E-state index is -0.250. The van der Waals surface area contributed by atoms with E-state index < -0.39 is 0 Å². The molecule has 7 nitrogen and oxygen atoms in total. The Labute approximate surface area is 145 Å². The molecule has 2 heterocycles. The molecule has 2 aromatic rings. The van der Waals surface area contributed by atoms with Gasteiger partial charge < -0.3 is 19.9 Å². The largest absolute Gasteiger partial charge is 0.486 e. The van der Waals surface area contributed by atoms with Gasteiger partial charge in [0.15, 0.2) is 17.2 Å². The second kappa shape index (κ2) is 7.94. The number of ether oxygens (including phenoxy) is 1. The highest BCUT2D eigenvalue weighted by Gasteiger charge is 2.18. The van der Waals surface area contributed by atoms with Gasteiger partial charge in [-0.1, -0.05) is 17.3 Å². The number of nitrogens with zero attached hydrogens (tertiary/aromatic N) is 1. The minimum absolute atomic E-state index is 0.0264. The Morgan fingerprint density at radius 1 is 1.40 bits per heavy atom. The van der Waals surface area contributed by atoms with Gasteiger partial charge in [-0.2, -0.15) is 0 Å². The summed E-state index contributed by atoms with van der Waals surface area (Å²) in [6, 6.07) is 8.47. The number of hydrogen-bond donors (Lipinski definition) is 2. The summed E-state index contributed by atoms with van der Waals surface area (Å²) < 4.78 is 10.7. The number of aromatic nitrogens is 1. The number of nitrogens with one attached hydrogen (secondary N) is 2. The molecule has 1 unspecified atom stereocenters.